The number of rotatable bonds is 7. The summed E-state index contributed by atoms with van der Waals surface area (Å²) >= 11 is 11.9. The zero-order chi connectivity index (χ0) is 16.9. The fraction of sp³-hybridized carbons (Fsp3) is 0.250. The molecule has 23 heavy (non-hydrogen) atoms. The van der Waals surface area contributed by atoms with Gasteiger partial charge in [-0.1, -0.05) is 47.5 Å². The van der Waals surface area contributed by atoms with E-state index >= 15 is 0 Å². The van der Waals surface area contributed by atoms with Crippen LogP contribution in [0, 0.1) is 0 Å². The molecule has 0 aliphatic heterocycles. The van der Waals surface area contributed by atoms with Crippen LogP contribution in [-0.2, 0) is 14.3 Å². The largest absolute Gasteiger partial charge is 0.491 e. The molecule has 0 radical (unpaired) electrons. The van der Waals surface area contributed by atoms with Gasteiger partial charge in [0.1, 0.15) is 5.75 Å². The third-order valence-corrected chi connectivity index (χ3v) is 4.23. The molecule has 0 aromatic heterocycles. The number of ether oxygens (including phenoxy) is 1. The predicted molar refractivity (Wildman–Crippen MR) is 91.9 cm³/mol. The van der Waals surface area contributed by atoms with E-state index in [0.29, 0.717) is 15.8 Å². The lowest BCUT2D eigenvalue weighted by atomic mass is 10.0. The molecule has 1 atom stereocenters. The molecule has 2 rings (SSSR count). The second kappa shape index (κ2) is 8.02. The molecule has 0 saturated carbocycles. The first-order chi connectivity index (χ1) is 10.8. The van der Waals surface area contributed by atoms with Crippen molar-refractivity contribution >= 4 is 33.3 Å². The molecule has 0 unspecified atom stereocenters. The van der Waals surface area contributed by atoms with Crippen molar-refractivity contribution in [3.63, 3.8) is 0 Å². The summed E-state index contributed by atoms with van der Waals surface area (Å²) < 4.78 is 33.1. The molecule has 0 heterocycles. The average molecular weight is 375 g/mol. The maximum absolute atomic E-state index is 11.2. The molecule has 4 nitrogen and oxygen atoms in total. The summed E-state index contributed by atoms with van der Waals surface area (Å²) in [5, 5.41) is 1.09. The minimum absolute atomic E-state index is 0.0229. The van der Waals surface area contributed by atoms with Crippen LogP contribution in [0.1, 0.15) is 11.5 Å². The van der Waals surface area contributed by atoms with Gasteiger partial charge in [-0.15, -0.1) is 0 Å². The Morgan fingerprint density at radius 2 is 1.65 bits per heavy atom. The van der Waals surface area contributed by atoms with E-state index in [-0.39, 0.29) is 19.1 Å². The summed E-state index contributed by atoms with van der Waals surface area (Å²) in [4.78, 5) is 0. The molecule has 0 amide bonds. The highest BCUT2D eigenvalue weighted by Gasteiger charge is 2.17. The summed E-state index contributed by atoms with van der Waals surface area (Å²) in [5.41, 5.74) is 0.866. The second-order valence-electron chi connectivity index (χ2n) is 4.98. The highest BCUT2D eigenvalue weighted by Crippen LogP contribution is 2.26. The Morgan fingerprint density at radius 3 is 2.26 bits per heavy atom. The number of hydrogen-bond donors (Lipinski definition) is 0. The van der Waals surface area contributed by atoms with Gasteiger partial charge in [0.2, 0.25) is 0 Å². The second-order valence-corrected chi connectivity index (χ2v) is 7.47. The number of benzene rings is 2. The fourth-order valence-corrected chi connectivity index (χ4v) is 2.66. The molecule has 0 saturated heterocycles. The molecule has 0 N–H and O–H groups in total. The molecule has 0 fully saturated rings. The highest BCUT2D eigenvalue weighted by molar-refractivity contribution is 7.85. The van der Waals surface area contributed by atoms with Crippen LogP contribution in [0.4, 0.5) is 0 Å². The van der Waals surface area contributed by atoms with E-state index in [1.165, 1.54) is 0 Å². The quantitative estimate of drug-likeness (QED) is 0.683. The first kappa shape index (κ1) is 18.1. The lowest BCUT2D eigenvalue weighted by Crippen LogP contribution is -2.18. The third-order valence-electron chi connectivity index (χ3n) is 3.10. The van der Waals surface area contributed by atoms with E-state index < -0.39 is 10.1 Å². The first-order valence-corrected chi connectivity index (χ1v) is 9.39. The van der Waals surface area contributed by atoms with E-state index in [2.05, 4.69) is 0 Å². The molecular weight excluding hydrogens is 359 g/mol. The summed E-state index contributed by atoms with van der Waals surface area (Å²) in [6.45, 7) is 0.200. The summed E-state index contributed by atoms with van der Waals surface area (Å²) in [6.07, 6.45) is 1.01. The number of halogens is 2. The summed E-state index contributed by atoms with van der Waals surface area (Å²) in [7, 11) is -3.53. The summed E-state index contributed by atoms with van der Waals surface area (Å²) in [5.74, 6) is 0.255. The van der Waals surface area contributed by atoms with Gasteiger partial charge in [-0.05, 0) is 29.8 Å². The SMILES string of the molecule is CS(=O)(=O)OC[C@H](COc1ccccc1Cl)c1ccc(Cl)cc1. The normalized spacial score (nSPS) is 12.8. The van der Waals surface area contributed by atoms with Gasteiger partial charge in [-0.25, -0.2) is 0 Å². The maximum Gasteiger partial charge on any atom is 0.264 e. The van der Waals surface area contributed by atoms with Crippen LogP contribution in [0.5, 0.6) is 5.75 Å². The van der Waals surface area contributed by atoms with Crippen molar-refractivity contribution < 1.29 is 17.3 Å². The predicted octanol–water partition coefficient (Wildman–Crippen LogP) is 4.13. The van der Waals surface area contributed by atoms with E-state index in [1.807, 2.05) is 18.2 Å². The standard InChI is InChI=1S/C16H16Cl2O4S/c1-23(19,20)22-11-13(12-6-8-14(17)9-7-12)10-21-16-5-3-2-4-15(16)18/h2-9,13H,10-11H2,1H3/t13-/m0/s1. The highest BCUT2D eigenvalue weighted by atomic mass is 35.5. The van der Waals surface area contributed by atoms with Crippen molar-refractivity contribution in [2.75, 3.05) is 19.5 Å². The monoisotopic (exact) mass is 374 g/mol. The van der Waals surface area contributed by atoms with Crippen molar-refractivity contribution in [3.8, 4) is 5.75 Å². The van der Waals surface area contributed by atoms with Crippen LogP contribution in [0.15, 0.2) is 48.5 Å². The number of hydrogen-bond acceptors (Lipinski definition) is 4. The number of para-hydroxylation sites is 1. The smallest absolute Gasteiger partial charge is 0.264 e. The van der Waals surface area contributed by atoms with E-state index in [1.54, 1.807) is 30.3 Å². The van der Waals surface area contributed by atoms with E-state index in [9.17, 15) is 8.42 Å². The van der Waals surface area contributed by atoms with Crippen LogP contribution in [-0.4, -0.2) is 27.9 Å². The van der Waals surface area contributed by atoms with Crippen molar-refractivity contribution in [3.05, 3.63) is 64.1 Å². The van der Waals surface area contributed by atoms with Gasteiger partial charge in [0.05, 0.1) is 24.5 Å². The zero-order valence-electron chi connectivity index (χ0n) is 12.4. The zero-order valence-corrected chi connectivity index (χ0v) is 14.7. The van der Waals surface area contributed by atoms with Gasteiger partial charge in [-0.2, -0.15) is 8.42 Å². The minimum atomic E-state index is -3.53. The van der Waals surface area contributed by atoms with Gasteiger partial charge in [0.15, 0.2) is 0 Å². The molecule has 0 aliphatic rings. The molecule has 7 heteroatoms. The van der Waals surface area contributed by atoms with E-state index in [4.69, 9.17) is 32.1 Å². The minimum Gasteiger partial charge on any atom is -0.491 e. The van der Waals surface area contributed by atoms with Crippen LogP contribution >= 0.6 is 23.2 Å². The topological polar surface area (TPSA) is 52.6 Å². The molecule has 0 bridgehead atoms. The Bertz CT molecular complexity index is 745. The Hall–Kier alpha value is -1.27. The molecule has 0 spiro atoms. The van der Waals surface area contributed by atoms with Crippen molar-refractivity contribution in [1.82, 2.24) is 0 Å². The Morgan fingerprint density at radius 1 is 1.00 bits per heavy atom. The van der Waals surface area contributed by atoms with Gasteiger partial charge >= 0.3 is 0 Å². The van der Waals surface area contributed by atoms with Gasteiger partial charge in [-0.3, -0.25) is 4.18 Å². The Balaban J connectivity index is 2.12. The summed E-state index contributed by atoms with van der Waals surface area (Å²) in [6, 6.07) is 14.2. The molecule has 2 aromatic rings. The Labute approximate surface area is 146 Å². The van der Waals surface area contributed by atoms with Crippen molar-refractivity contribution in [1.29, 1.82) is 0 Å². The van der Waals surface area contributed by atoms with Gasteiger partial charge in [0.25, 0.3) is 10.1 Å². The maximum atomic E-state index is 11.2. The lowest BCUT2D eigenvalue weighted by Gasteiger charge is -2.18. The van der Waals surface area contributed by atoms with Crippen LogP contribution in [0.3, 0.4) is 0 Å². The molecule has 2 aromatic carbocycles. The van der Waals surface area contributed by atoms with Crippen LogP contribution in [0.2, 0.25) is 10.0 Å². The van der Waals surface area contributed by atoms with Crippen LogP contribution < -0.4 is 4.74 Å². The Kier molecular flexibility index (Phi) is 6.30. The molecule has 124 valence electrons. The molecular formula is C16H16Cl2O4S. The van der Waals surface area contributed by atoms with Gasteiger partial charge in [0, 0.05) is 10.9 Å². The molecule has 0 aliphatic carbocycles. The van der Waals surface area contributed by atoms with E-state index in [0.717, 1.165) is 11.8 Å². The van der Waals surface area contributed by atoms with Crippen LogP contribution in [0.25, 0.3) is 0 Å². The fourth-order valence-electron chi connectivity index (χ4n) is 1.93. The third kappa shape index (κ3) is 6.03. The average Bonchev–Trinajstić information content (AvgIpc) is 2.49. The van der Waals surface area contributed by atoms with Crippen molar-refractivity contribution in [2.24, 2.45) is 0 Å². The van der Waals surface area contributed by atoms with Crippen molar-refractivity contribution in [2.45, 2.75) is 5.92 Å². The lowest BCUT2D eigenvalue weighted by molar-refractivity contribution is 0.224. The van der Waals surface area contributed by atoms with Gasteiger partial charge < -0.3 is 4.74 Å². The first-order valence-electron chi connectivity index (χ1n) is 6.82.